The summed E-state index contributed by atoms with van der Waals surface area (Å²) in [5, 5.41) is 10.5. The molecule has 0 heterocycles. The molecule has 0 saturated heterocycles. The summed E-state index contributed by atoms with van der Waals surface area (Å²) < 4.78 is 0. The average molecular weight is 288 g/mol. The number of fused-ring (bicyclic) bond motifs is 3. The largest absolute Gasteiger partial charge is 0.393 e. The van der Waals surface area contributed by atoms with E-state index in [0.29, 0.717) is 11.3 Å². The smallest absolute Gasteiger partial charge is 0.0594 e. The van der Waals surface area contributed by atoms with Crippen LogP contribution in [0.1, 0.15) is 66.2 Å². The molecule has 3 rings (SSSR count). The Balaban J connectivity index is 1.97. The maximum absolute atomic E-state index is 10.5. The highest BCUT2D eigenvalue weighted by molar-refractivity contribution is 5.26. The number of aliphatic hydroxyl groups is 1. The Labute approximate surface area is 130 Å². The molecule has 5 atom stereocenters. The molecular formula is C20H32O. The molecule has 0 aromatic carbocycles. The standard InChI is InChI=1S/C20H32O/c1-6-19(4)11-9-15-14(13-19)7-8-16-18(2,3)17(21)10-12-20(15,16)5/h6,13,15-17,21H,1,7-12H2,2-5H3/t15-,16+,17-,19+,20+/m1/s1. The molecule has 0 unspecified atom stereocenters. The van der Waals surface area contributed by atoms with Crippen molar-refractivity contribution < 1.29 is 5.11 Å². The summed E-state index contributed by atoms with van der Waals surface area (Å²) in [4.78, 5) is 0. The van der Waals surface area contributed by atoms with E-state index in [2.05, 4.69) is 46.4 Å². The van der Waals surface area contributed by atoms with Crippen molar-refractivity contribution in [2.24, 2.45) is 28.1 Å². The van der Waals surface area contributed by atoms with Gasteiger partial charge in [-0.3, -0.25) is 0 Å². The van der Waals surface area contributed by atoms with Crippen LogP contribution in [0, 0.1) is 28.1 Å². The molecule has 1 N–H and O–H groups in total. The Bertz CT molecular complexity index is 474. The van der Waals surface area contributed by atoms with Gasteiger partial charge in [0.15, 0.2) is 0 Å². The van der Waals surface area contributed by atoms with Gasteiger partial charge in [-0.2, -0.15) is 0 Å². The summed E-state index contributed by atoms with van der Waals surface area (Å²) in [6.07, 6.45) is 11.7. The third-order valence-electron chi connectivity index (χ3n) is 7.43. The van der Waals surface area contributed by atoms with Crippen molar-refractivity contribution in [3.63, 3.8) is 0 Å². The van der Waals surface area contributed by atoms with E-state index in [0.717, 1.165) is 12.3 Å². The predicted molar refractivity (Wildman–Crippen MR) is 89.0 cm³/mol. The van der Waals surface area contributed by atoms with E-state index < -0.39 is 0 Å². The Morgan fingerprint density at radius 1 is 1.14 bits per heavy atom. The molecule has 3 aliphatic rings. The van der Waals surface area contributed by atoms with Gasteiger partial charge < -0.3 is 5.11 Å². The summed E-state index contributed by atoms with van der Waals surface area (Å²) in [7, 11) is 0. The summed E-state index contributed by atoms with van der Waals surface area (Å²) in [6, 6.07) is 0. The highest BCUT2D eigenvalue weighted by Crippen LogP contribution is 2.63. The van der Waals surface area contributed by atoms with Crippen molar-refractivity contribution >= 4 is 0 Å². The van der Waals surface area contributed by atoms with Gasteiger partial charge in [0.05, 0.1) is 6.10 Å². The molecule has 0 amide bonds. The molecule has 118 valence electrons. The van der Waals surface area contributed by atoms with Gasteiger partial charge in [0.1, 0.15) is 0 Å². The second-order valence-electron chi connectivity index (χ2n) is 8.99. The van der Waals surface area contributed by atoms with Crippen LogP contribution in [0.2, 0.25) is 0 Å². The van der Waals surface area contributed by atoms with Gasteiger partial charge in [0.25, 0.3) is 0 Å². The third kappa shape index (κ3) is 2.15. The Hall–Kier alpha value is -0.560. The van der Waals surface area contributed by atoms with Crippen LogP contribution in [0.4, 0.5) is 0 Å². The first-order valence-corrected chi connectivity index (χ1v) is 8.76. The van der Waals surface area contributed by atoms with Crippen LogP contribution in [0.3, 0.4) is 0 Å². The van der Waals surface area contributed by atoms with Crippen LogP contribution < -0.4 is 0 Å². The Morgan fingerprint density at radius 3 is 2.52 bits per heavy atom. The first kappa shape index (κ1) is 15.3. The van der Waals surface area contributed by atoms with E-state index in [4.69, 9.17) is 0 Å². The minimum absolute atomic E-state index is 0.0672. The van der Waals surface area contributed by atoms with Crippen LogP contribution in [0.15, 0.2) is 24.3 Å². The molecule has 3 aliphatic carbocycles. The molecule has 0 spiro atoms. The fourth-order valence-corrected chi connectivity index (χ4v) is 5.90. The Kier molecular flexibility index (Phi) is 3.44. The highest BCUT2D eigenvalue weighted by atomic mass is 16.3. The molecule has 0 aromatic heterocycles. The first-order chi connectivity index (χ1) is 9.73. The average Bonchev–Trinajstić information content (AvgIpc) is 2.43. The number of allylic oxidation sites excluding steroid dienone is 3. The van der Waals surface area contributed by atoms with E-state index in [-0.39, 0.29) is 16.9 Å². The fraction of sp³-hybridized carbons (Fsp3) is 0.800. The molecule has 2 saturated carbocycles. The van der Waals surface area contributed by atoms with Gasteiger partial charge in [0.2, 0.25) is 0 Å². The van der Waals surface area contributed by atoms with Crippen LogP contribution in [0.25, 0.3) is 0 Å². The van der Waals surface area contributed by atoms with Crippen LogP contribution >= 0.6 is 0 Å². The van der Waals surface area contributed by atoms with Gasteiger partial charge in [-0.25, -0.2) is 0 Å². The van der Waals surface area contributed by atoms with E-state index >= 15 is 0 Å². The second kappa shape index (κ2) is 4.72. The van der Waals surface area contributed by atoms with Gasteiger partial charge in [-0.15, -0.1) is 6.58 Å². The summed E-state index contributed by atoms with van der Waals surface area (Å²) in [5.41, 5.74) is 2.35. The molecule has 0 aliphatic heterocycles. The van der Waals surface area contributed by atoms with Crippen LogP contribution in [-0.2, 0) is 0 Å². The number of aliphatic hydroxyl groups excluding tert-OH is 1. The number of hydrogen-bond donors (Lipinski definition) is 1. The van der Waals surface area contributed by atoms with Crippen LogP contribution in [0.5, 0.6) is 0 Å². The highest BCUT2D eigenvalue weighted by Gasteiger charge is 2.56. The zero-order valence-electron chi connectivity index (χ0n) is 14.3. The summed E-state index contributed by atoms with van der Waals surface area (Å²) in [5.74, 6) is 1.39. The predicted octanol–water partition coefficient (Wildman–Crippen LogP) is 5.11. The molecule has 0 bridgehead atoms. The molecule has 0 radical (unpaired) electrons. The maximum Gasteiger partial charge on any atom is 0.0594 e. The summed E-state index contributed by atoms with van der Waals surface area (Å²) in [6.45, 7) is 13.5. The van der Waals surface area contributed by atoms with E-state index in [1.54, 1.807) is 5.57 Å². The lowest BCUT2D eigenvalue weighted by atomic mass is 9.45. The Morgan fingerprint density at radius 2 is 1.86 bits per heavy atom. The molecule has 1 nitrogen and oxygen atoms in total. The monoisotopic (exact) mass is 288 g/mol. The zero-order chi connectivity index (χ0) is 15.5. The van der Waals surface area contributed by atoms with E-state index in [1.807, 2.05) is 0 Å². The maximum atomic E-state index is 10.5. The van der Waals surface area contributed by atoms with Gasteiger partial charge in [-0.1, -0.05) is 45.4 Å². The lowest BCUT2D eigenvalue weighted by Crippen LogP contribution is -2.55. The van der Waals surface area contributed by atoms with Gasteiger partial charge in [0, 0.05) is 5.41 Å². The zero-order valence-corrected chi connectivity index (χ0v) is 14.3. The van der Waals surface area contributed by atoms with Gasteiger partial charge >= 0.3 is 0 Å². The third-order valence-corrected chi connectivity index (χ3v) is 7.43. The topological polar surface area (TPSA) is 20.2 Å². The lowest BCUT2D eigenvalue weighted by molar-refractivity contribution is -0.127. The summed E-state index contributed by atoms with van der Waals surface area (Å²) >= 11 is 0. The fourth-order valence-electron chi connectivity index (χ4n) is 5.90. The normalized spacial score (nSPS) is 48.8. The van der Waals surface area contributed by atoms with Crippen molar-refractivity contribution in [3.8, 4) is 0 Å². The molecule has 1 heteroatoms. The molecule has 21 heavy (non-hydrogen) atoms. The van der Waals surface area contributed by atoms with Crippen molar-refractivity contribution in [1.82, 2.24) is 0 Å². The van der Waals surface area contributed by atoms with Gasteiger partial charge in [-0.05, 0) is 61.2 Å². The minimum atomic E-state index is -0.122. The van der Waals surface area contributed by atoms with Crippen LogP contribution in [-0.4, -0.2) is 11.2 Å². The van der Waals surface area contributed by atoms with Crippen molar-refractivity contribution in [1.29, 1.82) is 0 Å². The minimum Gasteiger partial charge on any atom is -0.393 e. The molecular weight excluding hydrogens is 256 g/mol. The van der Waals surface area contributed by atoms with E-state index in [9.17, 15) is 5.11 Å². The number of hydrogen-bond acceptors (Lipinski definition) is 1. The SMILES string of the molecule is C=C[C@]1(C)C=C2CC[C@H]3C(C)(C)[C@H](O)CC[C@@]3(C)[C@@H]2CC1. The number of rotatable bonds is 1. The second-order valence-corrected chi connectivity index (χ2v) is 8.99. The molecule has 2 fully saturated rings. The van der Waals surface area contributed by atoms with Crippen molar-refractivity contribution in [2.75, 3.05) is 0 Å². The lowest BCUT2D eigenvalue weighted by Gasteiger charge is -2.60. The first-order valence-electron chi connectivity index (χ1n) is 8.76. The molecule has 0 aromatic rings. The van der Waals surface area contributed by atoms with Crippen molar-refractivity contribution in [3.05, 3.63) is 24.3 Å². The van der Waals surface area contributed by atoms with Crippen molar-refractivity contribution in [2.45, 2.75) is 72.3 Å². The van der Waals surface area contributed by atoms with E-state index in [1.165, 1.54) is 32.1 Å². The quantitative estimate of drug-likeness (QED) is 0.665.